The van der Waals surface area contributed by atoms with Crippen LogP contribution in [-0.4, -0.2) is 153 Å². The van der Waals surface area contributed by atoms with Gasteiger partial charge < -0.3 is 49.7 Å². The molecule has 0 atom stereocenters. The Morgan fingerprint density at radius 1 is 0.442 bits per heavy atom. The maximum atomic E-state index is 12.7. The Balaban J connectivity index is 0.000000311. The van der Waals surface area contributed by atoms with Crippen LogP contribution in [0, 0.1) is 34.6 Å². The monoisotopic (exact) mass is 1470 g/mol. The van der Waals surface area contributed by atoms with E-state index in [-0.39, 0.29) is 38.3 Å². The maximum Gasteiger partial charge on any atom is 0.417 e. The molecular formula is C63H78Cl5F15N6O6. The molecule has 5 aromatic rings. The number of nitrogens with zero attached hydrogens (tertiary/aromatic N) is 3. The summed E-state index contributed by atoms with van der Waals surface area (Å²) in [6, 6.07) is 11.1. The molecule has 2 saturated heterocycles. The predicted octanol–water partition coefficient (Wildman–Crippen LogP) is 17.0. The third-order valence-electron chi connectivity index (χ3n) is 14.0. The number of likely N-dealkylation sites (N-methyl/N-ethyl adjacent to an activating group) is 2. The Kier molecular flexibility index (Phi) is 35.3. The van der Waals surface area contributed by atoms with Gasteiger partial charge in [0.05, 0.1) is 66.1 Å². The third-order valence-corrected chi connectivity index (χ3v) is 15.6. The Hall–Kier alpha value is -4.78. The highest BCUT2D eigenvalue weighted by Crippen LogP contribution is 2.43. The first kappa shape index (κ1) is 84.4. The van der Waals surface area contributed by atoms with E-state index in [0.717, 1.165) is 102 Å². The molecule has 5 aromatic carbocycles. The van der Waals surface area contributed by atoms with E-state index in [2.05, 4.69) is 25.3 Å². The highest BCUT2D eigenvalue weighted by Gasteiger charge is 2.38. The molecular weight excluding hydrogens is 1400 g/mol. The molecule has 32 heteroatoms. The SMILES string of the molecule is CCN(CC)CCOc1cc(Cl)c(C(F)(F)F)cc1C.CNCCOc1cc(Cl)c(C(F)(F)F)cc1C.Cc1cc(C(F)(F)F)c(Cl)cc1OCCN.Cc1cc(C(F)(F)F)c(Cl)cc1OCCN1CCNCC1.Cc1cc(C(F)(F)F)c(Cl)cc1OCCN1CCOCC1. The molecule has 7 rings (SSSR count). The molecule has 0 aliphatic carbocycles. The van der Waals surface area contributed by atoms with Gasteiger partial charge in [0.2, 0.25) is 0 Å². The van der Waals surface area contributed by atoms with Gasteiger partial charge in [0.15, 0.2) is 0 Å². The lowest BCUT2D eigenvalue weighted by molar-refractivity contribution is -0.138. The number of aryl methyl sites for hydroxylation is 5. The highest BCUT2D eigenvalue weighted by molar-refractivity contribution is 6.33. The van der Waals surface area contributed by atoms with Crippen molar-refractivity contribution >= 4 is 58.0 Å². The molecule has 0 spiro atoms. The molecule has 2 heterocycles. The van der Waals surface area contributed by atoms with E-state index < -0.39 is 58.7 Å². The fraction of sp³-hybridized carbons (Fsp3) is 0.524. The summed E-state index contributed by atoms with van der Waals surface area (Å²) >= 11 is 28.2. The number of hydrogen-bond donors (Lipinski definition) is 3. The second-order valence-electron chi connectivity index (χ2n) is 21.2. The fourth-order valence-electron chi connectivity index (χ4n) is 8.77. The van der Waals surface area contributed by atoms with E-state index in [1.54, 1.807) is 34.7 Å². The van der Waals surface area contributed by atoms with Crippen molar-refractivity contribution in [2.75, 3.05) is 138 Å². The molecule has 4 N–H and O–H groups in total. The number of piperazine rings is 1. The topological polar surface area (TPSA) is 115 Å². The smallest absolute Gasteiger partial charge is 0.417 e. The molecule has 0 bridgehead atoms. The van der Waals surface area contributed by atoms with Crippen molar-refractivity contribution < 1.29 is 94.3 Å². The lowest BCUT2D eigenvalue weighted by atomic mass is 10.1. The molecule has 536 valence electrons. The zero-order valence-corrected chi connectivity index (χ0v) is 57.1. The summed E-state index contributed by atoms with van der Waals surface area (Å²) < 4.78 is 222. The van der Waals surface area contributed by atoms with Gasteiger partial charge in [0, 0.05) is 72.0 Å². The van der Waals surface area contributed by atoms with Crippen molar-refractivity contribution in [3.8, 4) is 28.7 Å². The van der Waals surface area contributed by atoms with Gasteiger partial charge >= 0.3 is 30.9 Å². The summed E-state index contributed by atoms with van der Waals surface area (Å²) in [5, 5.41) is 4.41. The summed E-state index contributed by atoms with van der Waals surface area (Å²) in [6.45, 7) is 25.6. The number of alkyl halides is 15. The van der Waals surface area contributed by atoms with Crippen molar-refractivity contribution in [2.24, 2.45) is 5.73 Å². The summed E-state index contributed by atoms with van der Waals surface area (Å²) in [6.07, 6.45) is -22.2. The van der Waals surface area contributed by atoms with Crippen molar-refractivity contribution in [3.63, 3.8) is 0 Å². The van der Waals surface area contributed by atoms with Gasteiger partial charge in [-0.2, -0.15) is 65.9 Å². The lowest BCUT2D eigenvalue weighted by Gasteiger charge is -2.27. The van der Waals surface area contributed by atoms with Gasteiger partial charge in [-0.3, -0.25) is 9.80 Å². The number of rotatable bonds is 21. The van der Waals surface area contributed by atoms with Gasteiger partial charge in [0.25, 0.3) is 0 Å². The molecule has 2 fully saturated rings. The number of benzene rings is 5. The molecule has 0 aromatic heterocycles. The fourth-order valence-corrected chi connectivity index (χ4v) is 10.1. The third kappa shape index (κ3) is 29.3. The van der Waals surface area contributed by atoms with Gasteiger partial charge in [-0.15, -0.1) is 0 Å². The van der Waals surface area contributed by atoms with Crippen molar-refractivity contribution in [2.45, 2.75) is 79.3 Å². The standard InChI is InChI=1S/C14H18ClF3N2O.C14H17ClF3NO2.C14H19ClF3NO.C11H13ClF3NO.C10H11ClF3NO/c1-10-8-11(14(16,17)18)12(15)9-13(10)21-7-6-20-4-2-19-3-5-20;1-10-8-11(14(16,17)18)12(15)9-13(10)21-7-4-19-2-5-20-6-3-19;1-4-19(5-2)6-7-20-13-9-12(15)11(8-10(13)3)14(16,17)18;1-7-5-8(11(13,14)15)9(12)6-10(7)17-4-3-16-2;1-6-4-7(10(12,13)14)8(11)5-9(6)16-3-2-15/h8-9,19H,2-7H2,1H3;8-9H,2-7H2,1H3;8-9H,4-7H2,1-3H3;5-6,16H,3-4H2,1-2H3;4-5H,2-3,15H2,1H3. The second-order valence-corrected chi connectivity index (χ2v) is 23.2. The Morgan fingerprint density at radius 3 is 0.989 bits per heavy atom. The van der Waals surface area contributed by atoms with Crippen molar-refractivity contribution in [1.29, 1.82) is 0 Å². The minimum atomic E-state index is -4.45. The molecule has 0 radical (unpaired) electrons. The molecule has 0 amide bonds. The van der Waals surface area contributed by atoms with Crippen LogP contribution in [0.1, 0.15) is 69.5 Å². The maximum absolute atomic E-state index is 12.7. The quantitative estimate of drug-likeness (QED) is 0.0480. The van der Waals surface area contributed by atoms with E-state index in [4.69, 9.17) is 92.2 Å². The minimum Gasteiger partial charge on any atom is -0.492 e. The number of nitrogens with two attached hydrogens (primary N) is 1. The largest absolute Gasteiger partial charge is 0.492 e. The summed E-state index contributed by atoms with van der Waals surface area (Å²) in [4.78, 5) is 6.60. The number of ether oxygens (including phenoxy) is 6. The molecule has 95 heavy (non-hydrogen) atoms. The zero-order valence-electron chi connectivity index (χ0n) is 53.3. The van der Waals surface area contributed by atoms with Crippen molar-refractivity contribution in [3.05, 3.63) is 141 Å². The van der Waals surface area contributed by atoms with Crippen LogP contribution in [0.3, 0.4) is 0 Å². The van der Waals surface area contributed by atoms with E-state index in [9.17, 15) is 65.9 Å². The molecule has 12 nitrogen and oxygen atoms in total. The molecule has 2 aliphatic heterocycles. The normalized spacial score (nSPS) is 14.1. The van der Waals surface area contributed by atoms with Crippen LogP contribution in [-0.2, 0) is 35.6 Å². The predicted molar refractivity (Wildman–Crippen MR) is 341 cm³/mol. The average Bonchev–Trinajstić information content (AvgIpc) is 0.909. The Bertz CT molecular complexity index is 3060. The molecule has 2 aliphatic rings. The van der Waals surface area contributed by atoms with Gasteiger partial charge in [-0.1, -0.05) is 71.9 Å². The summed E-state index contributed by atoms with van der Waals surface area (Å²) in [7, 11) is 1.76. The summed E-state index contributed by atoms with van der Waals surface area (Å²) in [5.41, 5.74) is 3.14. The molecule has 0 unspecified atom stereocenters. The van der Waals surface area contributed by atoms with Crippen LogP contribution >= 0.6 is 58.0 Å². The van der Waals surface area contributed by atoms with E-state index in [0.29, 0.717) is 109 Å². The zero-order chi connectivity index (χ0) is 71.6. The van der Waals surface area contributed by atoms with Crippen LogP contribution in [0.15, 0.2) is 60.7 Å². The van der Waals surface area contributed by atoms with E-state index in [1.165, 1.54) is 31.2 Å². The van der Waals surface area contributed by atoms with E-state index in [1.807, 2.05) is 13.8 Å². The Labute approximate surface area is 568 Å². The number of halogens is 20. The van der Waals surface area contributed by atoms with Crippen LogP contribution in [0.2, 0.25) is 25.1 Å². The number of hydrogen-bond acceptors (Lipinski definition) is 12. The average molecular weight is 1480 g/mol. The first-order valence-corrected chi connectivity index (χ1v) is 31.5. The summed E-state index contributed by atoms with van der Waals surface area (Å²) in [5.74, 6) is 1.89. The second kappa shape index (κ2) is 39.7. The number of morpholine rings is 1. The Morgan fingerprint density at radius 2 is 0.716 bits per heavy atom. The minimum absolute atomic E-state index is 0.239. The van der Waals surface area contributed by atoms with E-state index >= 15 is 0 Å². The highest BCUT2D eigenvalue weighted by atomic mass is 35.5. The molecule has 0 saturated carbocycles. The van der Waals surface area contributed by atoms with Gasteiger partial charge in [-0.05, 0) is 143 Å². The van der Waals surface area contributed by atoms with Crippen LogP contribution in [0.5, 0.6) is 28.7 Å². The first-order chi connectivity index (χ1) is 44.3. The van der Waals surface area contributed by atoms with Crippen LogP contribution < -0.4 is 40.1 Å². The lowest BCUT2D eigenvalue weighted by Crippen LogP contribution is -2.44. The van der Waals surface area contributed by atoms with Crippen LogP contribution in [0.25, 0.3) is 0 Å². The van der Waals surface area contributed by atoms with Crippen molar-refractivity contribution in [1.82, 2.24) is 25.3 Å². The number of nitrogens with one attached hydrogen (secondary N) is 2. The first-order valence-electron chi connectivity index (χ1n) is 29.6. The van der Waals surface area contributed by atoms with Gasteiger partial charge in [-0.25, -0.2) is 0 Å². The van der Waals surface area contributed by atoms with Crippen LogP contribution in [0.4, 0.5) is 65.9 Å². The van der Waals surface area contributed by atoms with Gasteiger partial charge in [0.1, 0.15) is 61.8 Å².